The van der Waals surface area contributed by atoms with Crippen molar-refractivity contribution < 1.29 is 19.2 Å². The Hall–Kier alpha value is -3.09. The van der Waals surface area contributed by atoms with Crippen molar-refractivity contribution in [3.05, 3.63) is 63.7 Å². The van der Waals surface area contributed by atoms with Gasteiger partial charge in [-0.1, -0.05) is 24.3 Å². The first-order valence-corrected chi connectivity index (χ1v) is 8.87. The molecule has 0 spiro atoms. The first-order chi connectivity index (χ1) is 13.0. The average Bonchev–Trinajstić information content (AvgIpc) is 2.68. The van der Waals surface area contributed by atoms with Gasteiger partial charge in [-0.15, -0.1) is 0 Å². The lowest BCUT2D eigenvalue weighted by molar-refractivity contribution is -0.385. The summed E-state index contributed by atoms with van der Waals surface area (Å²) in [7, 11) is 1.44. The highest BCUT2D eigenvalue weighted by Crippen LogP contribution is 2.33. The second-order valence-corrected chi connectivity index (χ2v) is 6.50. The number of benzene rings is 2. The Bertz CT molecular complexity index is 852. The summed E-state index contributed by atoms with van der Waals surface area (Å²) in [5, 5.41) is 14.0. The van der Waals surface area contributed by atoms with Crippen LogP contribution in [-0.4, -0.2) is 24.0 Å². The molecule has 2 atom stereocenters. The van der Waals surface area contributed by atoms with E-state index in [2.05, 4.69) is 11.4 Å². The Morgan fingerprint density at radius 3 is 2.78 bits per heavy atom. The number of nitrogens with zero attached hydrogens (tertiary/aromatic N) is 1. The summed E-state index contributed by atoms with van der Waals surface area (Å²) in [5.41, 5.74) is 2.26. The first-order valence-electron chi connectivity index (χ1n) is 8.87. The number of aryl methyl sites for hydroxylation is 1. The van der Waals surface area contributed by atoms with Crippen molar-refractivity contribution in [3.8, 4) is 11.5 Å². The Balaban J connectivity index is 1.72. The summed E-state index contributed by atoms with van der Waals surface area (Å²) in [4.78, 5) is 23.1. The molecule has 1 N–H and O–H groups in total. The van der Waals surface area contributed by atoms with E-state index in [0.29, 0.717) is 5.75 Å². The second kappa shape index (κ2) is 8.07. The summed E-state index contributed by atoms with van der Waals surface area (Å²) >= 11 is 0. The highest BCUT2D eigenvalue weighted by molar-refractivity contribution is 5.81. The fourth-order valence-electron chi connectivity index (χ4n) is 3.31. The first kappa shape index (κ1) is 18.7. The molecule has 0 aromatic heterocycles. The summed E-state index contributed by atoms with van der Waals surface area (Å²) in [6.45, 7) is 1.61. The Kier molecular flexibility index (Phi) is 5.59. The molecule has 0 aliphatic heterocycles. The van der Waals surface area contributed by atoms with Gasteiger partial charge >= 0.3 is 0 Å². The number of rotatable bonds is 6. The van der Waals surface area contributed by atoms with E-state index in [9.17, 15) is 14.9 Å². The van der Waals surface area contributed by atoms with Crippen LogP contribution >= 0.6 is 0 Å². The molecule has 1 aliphatic carbocycles. The molecule has 0 radical (unpaired) electrons. The molecule has 142 valence electrons. The number of ether oxygens (including phenoxy) is 2. The number of carbonyl (C=O) groups excluding carboxylic acids is 1. The molecule has 0 heterocycles. The minimum Gasteiger partial charge on any atom is -0.493 e. The molecule has 0 unspecified atom stereocenters. The van der Waals surface area contributed by atoms with Gasteiger partial charge in [0.05, 0.1) is 24.1 Å². The molecule has 1 amide bonds. The molecule has 7 heteroatoms. The van der Waals surface area contributed by atoms with Gasteiger partial charge in [-0.3, -0.25) is 14.9 Å². The lowest BCUT2D eigenvalue weighted by Gasteiger charge is -2.27. The lowest BCUT2D eigenvalue weighted by Crippen LogP contribution is -2.39. The van der Waals surface area contributed by atoms with E-state index in [1.165, 1.54) is 30.9 Å². The number of nitro groups is 1. The SMILES string of the molecule is COc1ccc([N+](=O)[O-])cc1O[C@H](C)C(=O)N[C@H]1CCCc2ccccc21. The molecule has 3 rings (SSSR count). The fourth-order valence-corrected chi connectivity index (χ4v) is 3.31. The van der Waals surface area contributed by atoms with E-state index >= 15 is 0 Å². The van der Waals surface area contributed by atoms with Gasteiger partial charge in [0.15, 0.2) is 17.6 Å². The van der Waals surface area contributed by atoms with Crippen LogP contribution in [0.15, 0.2) is 42.5 Å². The molecule has 2 aromatic carbocycles. The molecule has 0 bridgehead atoms. The predicted octanol–water partition coefficient (Wildman–Crippen LogP) is 3.56. The zero-order valence-corrected chi connectivity index (χ0v) is 15.3. The second-order valence-electron chi connectivity index (χ2n) is 6.50. The topological polar surface area (TPSA) is 90.7 Å². The molecule has 0 fully saturated rings. The van der Waals surface area contributed by atoms with Crippen LogP contribution in [0.5, 0.6) is 11.5 Å². The molecule has 7 nitrogen and oxygen atoms in total. The highest BCUT2D eigenvalue weighted by Gasteiger charge is 2.25. The third-order valence-electron chi connectivity index (χ3n) is 4.72. The van der Waals surface area contributed by atoms with Crippen LogP contribution in [0.3, 0.4) is 0 Å². The van der Waals surface area contributed by atoms with Crippen molar-refractivity contribution in [2.75, 3.05) is 7.11 Å². The van der Waals surface area contributed by atoms with Crippen molar-refractivity contribution >= 4 is 11.6 Å². The van der Waals surface area contributed by atoms with Crippen LogP contribution < -0.4 is 14.8 Å². The van der Waals surface area contributed by atoms with Crippen molar-refractivity contribution in [1.29, 1.82) is 0 Å². The van der Waals surface area contributed by atoms with Gasteiger partial charge < -0.3 is 14.8 Å². The van der Waals surface area contributed by atoms with Gasteiger partial charge in [0.25, 0.3) is 11.6 Å². The van der Waals surface area contributed by atoms with E-state index in [1.54, 1.807) is 6.92 Å². The van der Waals surface area contributed by atoms with Crippen molar-refractivity contribution in [2.24, 2.45) is 0 Å². The standard InChI is InChI=1S/C20H22N2O5/c1-13(27-19-12-15(22(24)25)10-11-18(19)26-2)20(23)21-17-9-5-7-14-6-3-4-8-16(14)17/h3-4,6,8,10-13,17H,5,7,9H2,1-2H3,(H,21,23)/t13-,17+/m1/s1. The Morgan fingerprint density at radius 2 is 2.04 bits per heavy atom. The lowest BCUT2D eigenvalue weighted by atomic mass is 9.87. The minimum atomic E-state index is -0.824. The average molecular weight is 370 g/mol. The van der Waals surface area contributed by atoms with Gasteiger partial charge in [0.2, 0.25) is 0 Å². The number of nitro benzene ring substituents is 1. The maximum atomic E-state index is 12.6. The van der Waals surface area contributed by atoms with Crippen LogP contribution in [-0.2, 0) is 11.2 Å². The van der Waals surface area contributed by atoms with Crippen LogP contribution in [0.4, 0.5) is 5.69 Å². The summed E-state index contributed by atoms with van der Waals surface area (Å²) < 4.78 is 10.9. The number of hydrogen-bond donors (Lipinski definition) is 1. The maximum Gasteiger partial charge on any atom is 0.273 e. The zero-order chi connectivity index (χ0) is 19.4. The summed E-state index contributed by atoms with van der Waals surface area (Å²) in [5.74, 6) is 0.229. The third kappa shape index (κ3) is 4.19. The van der Waals surface area contributed by atoms with Gasteiger partial charge in [-0.25, -0.2) is 0 Å². The number of hydrogen-bond acceptors (Lipinski definition) is 5. The molecule has 1 aliphatic rings. The monoisotopic (exact) mass is 370 g/mol. The number of amides is 1. The quantitative estimate of drug-likeness (QED) is 0.620. The van der Waals surface area contributed by atoms with E-state index in [-0.39, 0.29) is 23.4 Å². The van der Waals surface area contributed by atoms with E-state index in [1.807, 2.05) is 18.2 Å². The van der Waals surface area contributed by atoms with Crippen LogP contribution in [0.25, 0.3) is 0 Å². The summed E-state index contributed by atoms with van der Waals surface area (Å²) in [6.07, 6.45) is 2.07. The summed E-state index contributed by atoms with van der Waals surface area (Å²) in [6, 6.07) is 12.1. The molecule has 27 heavy (non-hydrogen) atoms. The largest absolute Gasteiger partial charge is 0.493 e. The molecular weight excluding hydrogens is 348 g/mol. The smallest absolute Gasteiger partial charge is 0.273 e. The van der Waals surface area contributed by atoms with Crippen LogP contribution in [0.1, 0.15) is 36.9 Å². The molecule has 2 aromatic rings. The molecular formula is C20H22N2O5. The molecule has 0 saturated heterocycles. The van der Waals surface area contributed by atoms with E-state index < -0.39 is 11.0 Å². The molecule has 0 saturated carbocycles. The Labute approximate surface area is 157 Å². The van der Waals surface area contributed by atoms with Crippen molar-refractivity contribution in [3.63, 3.8) is 0 Å². The fraction of sp³-hybridized carbons (Fsp3) is 0.350. The highest BCUT2D eigenvalue weighted by atomic mass is 16.6. The van der Waals surface area contributed by atoms with Crippen LogP contribution in [0, 0.1) is 10.1 Å². The van der Waals surface area contributed by atoms with Crippen molar-refractivity contribution in [1.82, 2.24) is 5.32 Å². The van der Waals surface area contributed by atoms with Gasteiger partial charge in [0.1, 0.15) is 0 Å². The number of non-ortho nitro benzene ring substituents is 1. The Morgan fingerprint density at radius 1 is 1.26 bits per heavy atom. The number of fused-ring (bicyclic) bond motifs is 1. The predicted molar refractivity (Wildman–Crippen MR) is 100 cm³/mol. The maximum absolute atomic E-state index is 12.6. The van der Waals surface area contributed by atoms with E-state index in [4.69, 9.17) is 9.47 Å². The third-order valence-corrected chi connectivity index (χ3v) is 4.72. The normalized spacial score (nSPS) is 16.7. The minimum absolute atomic E-state index is 0.0551. The van der Waals surface area contributed by atoms with E-state index in [0.717, 1.165) is 24.8 Å². The van der Waals surface area contributed by atoms with Gasteiger partial charge in [0, 0.05) is 6.07 Å². The van der Waals surface area contributed by atoms with Crippen LogP contribution in [0.2, 0.25) is 0 Å². The number of nitrogens with one attached hydrogen (secondary N) is 1. The zero-order valence-electron chi connectivity index (χ0n) is 15.3. The number of carbonyl (C=O) groups is 1. The number of methoxy groups -OCH3 is 1. The van der Waals surface area contributed by atoms with Crippen molar-refractivity contribution in [2.45, 2.75) is 38.3 Å². The van der Waals surface area contributed by atoms with Gasteiger partial charge in [-0.05, 0) is 43.4 Å². The van der Waals surface area contributed by atoms with Gasteiger partial charge in [-0.2, -0.15) is 0 Å².